The Morgan fingerprint density at radius 2 is 1.84 bits per heavy atom. The molecule has 4 heterocycles. The average Bonchev–Trinajstić information content (AvgIpc) is 3.27. The summed E-state index contributed by atoms with van der Waals surface area (Å²) in [6.07, 6.45) is 3.08. The fourth-order valence-electron chi connectivity index (χ4n) is 6.27. The zero-order chi connectivity index (χ0) is 31.7. The molecule has 44 heavy (non-hydrogen) atoms. The molecule has 5 rings (SSSR count). The van der Waals surface area contributed by atoms with E-state index in [1.54, 1.807) is 4.90 Å². The summed E-state index contributed by atoms with van der Waals surface area (Å²) in [5.74, 6) is -0.797. The molecule has 0 saturated carbocycles. The number of amides is 2. The lowest BCUT2D eigenvalue weighted by Gasteiger charge is -2.36. The molecule has 2 amide bonds. The molecule has 13 heteroatoms. The first-order valence-electron chi connectivity index (χ1n) is 15.3. The van der Waals surface area contributed by atoms with Crippen molar-refractivity contribution in [2.45, 2.75) is 64.8 Å². The second-order valence-electron chi connectivity index (χ2n) is 12.9. The molecule has 0 unspecified atom stereocenters. The zero-order valence-electron chi connectivity index (χ0n) is 26.1. The highest BCUT2D eigenvalue weighted by Crippen LogP contribution is 2.38. The van der Waals surface area contributed by atoms with E-state index >= 15 is 0 Å². The van der Waals surface area contributed by atoms with Crippen molar-refractivity contribution >= 4 is 27.8 Å². The minimum Gasteiger partial charge on any atom is -0.461 e. The maximum absolute atomic E-state index is 13.3. The number of rotatable bonds is 8. The molecule has 2 saturated heterocycles. The van der Waals surface area contributed by atoms with Gasteiger partial charge in [0, 0.05) is 64.8 Å². The SMILES string of the molecule is CCc1nn(CC(C)(C)COC(=O)c2cccc(S(=O)(=O)N3CCN(C(C)=O)CC3)c2)c2c1C(=O)NCC1(CCOCC1)C2. The molecule has 1 aromatic carbocycles. The first-order valence-corrected chi connectivity index (χ1v) is 16.8. The van der Waals surface area contributed by atoms with Gasteiger partial charge < -0.3 is 19.7 Å². The van der Waals surface area contributed by atoms with E-state index in [4.69, 9.17) is 14.6 Å². The number of aryl methyl sites for hydroxylation is 1. The molecule has 12 nitrogen and oxygen atoms in total. The number of nitrogens with zero attached hydrogens (tertiary/aromatic N) is 4. The number of ether oxygens (including phenoxy) is 2. The summed E-state index contributed by atoms with van der Waals surface area (Å²) < 4.78 is 41.2. The molecule has 240 valence electrons. The van der Waals surface area contributed by atoms with Crippen LogP contribution < -0.4 is 5.32 Å². The topological polar surface area (TPSA) is 140 Å². The first kappa shape index (κ1) is 32.1. The lowest BCUT2D eigenvalue weighted by atomic mass is 9.76. The number of hydrogen-bond donors (Lipinski definition) is 1. The molecule has 1 spiro atoms. The van der Waals surface area contributed by atoms with Gasteiger partial charge >= 0.3 is 5.97 Å². The number of esters is 1. The van der Waals surface area contributed by atoms with Gasteiger partial charge in [0.2, 0.25) is 15.9 Å². The average molecular weight is 630 g/mol. The van der Waals surface area contributed by atoms with Gasteiger partial charge in [-0.15, -0.1) is 0 Å². The van der Waals surface area contributed by atoms with Crippen LogP contribution in [0, 0.1) is 10.8 Å². The van der Waals surface area contributed by atoms with Gasteiger partial charge in [-0.25, -0.2) is 13.2 Å². The number of hydrogen-bond acceptors (Lipinski definition) is 8. The number of sulfonamides is 1. The zero-order valence-corrected chi connectivity index (χ0v) is 26.9. The molecule has 1 N–H and O–H groups in total. The summed E-state index contributed by atoms with van der Waals surface area (Å²) >= 11 is 0. The summed E-state index contributed by atoms with van der Waals surface area (Å²) in [7, 11) is -3.84. The van der Waals surface area contributed by atoms with Crippen molar-refractivity contribution in [3.05, 3.63) is 46.8 Å². The fourth-order valence-corrected chi connectivity index (χ4v) is 7.74. The molecule has 0 bridgehead atoms. The van der Waals surface area contributed by atoms with Crippen LogP contribution in [0.15, 0.2) is 29.2 Å². The number of carbonyl (C=O) groups excluding carboxylic acids is 3. The third-order valence-electron chi connectivity index (χ3n) is 8.98. The summed E-state index contributed by atoms with van der Waals surface area (Å²) in [6, 6.07) is 5.87. The van der Waals surface area contributed by atoms with Crippen molar-refractivity contribution in [3.63, 3.8) is 0 Å². The van der Waals surface area contributed by atoms with Gasteiger partial charge in [-0.05, 0) is 49.3 Å². The highest BCUT2D eigenvalue weighted by Gasteiger charge is 2.40. The Labute approximate surface area is 259 Å². The van der Waals surface area contributed by atoms with Crippen molar-refractivity contribution in [3.8, 4) is 0 Å². The largest absolute Gasteiger partial charge is 0.461 e. The van der Waals surface area contributed by atoms with Gasteiger partial charge in [0.15, 0.2) is 0 Å². The number of carbonyl (C=O) groups is 3. The van der Waals surface area contributed by atoms with Crippen LogP contribution in [0.1, 0.15) is 72.6 Å². The van der Waals surface area contributed by atoms with E-state index in [1.807, 2.05) is 25.5 Å². The predicted molar refractivity (Wildman–Crippen MR) is 162 cm³/mol. The van der Waals surface area contributed by atoms with E-state index in [-0.39, 0.29) is 47.4 Å². The number of aromatic nitrogens is 2. The Bertz CT molecular complexity index is 1520. The normalized spacial score (nSPS) is 19.3. The molecular weight excluding hydrogens is 586 g/mol. The molecule has 2 fully saturated rings. The maximum atomic E-state index is 13.3. The number of nitrogens with one attached hydrogen (secondary N) is 1. The fraction of sp³-hybridized carbons (Fsp3) is 0.613. The molecular formula is C31H43N5O7S. The minimum absolute atomic E-state index is 0.00846. The van der Waals surface area contributed by atoms with Gasteiger partial charge in [-0.1, -0.05) is 26.8 Å². The predicted octanol–water partition coefficient (Wildman–Crippen LogP) is 2.26. The van der Waals surface area contributed by atoms with Gasteiger partial charge in [-0.2, -0.15) is 9.40 Å². The number of fused-ring (bicyclic) bond motifs is 1. The monoisotopic (exact) mass is 629 g/mol. The summed E-state index contributed by atoms with van der Waals surface area (Å²) in [6.45, 7) is 10.9. The van der Waals surface area contributed by atoms with E-state index in [1.165, 1.54) is 35.5 Å². The van der Waals surface area contributed by atoms with Crippen LogP contribution in [0.2, 0.25) is 0 Å². The second-order valence-corrected chi connectivity index (χ2v) is 14.9. The highest BCUT2D eigenvalue weighted by molar-refractivity contribution is 7.89. The Morgan fingerprint density at radius 1 is 1.14 bits per heavy atom. The summed E-state index contributed by atoms with van der Waals surface area (Å²) in [5.41, 5.74) is 1.86. The maximum Gasteiger partial charge on any atom is 0.338 e. The van der Waals surface area contributed by atoms with Gasteiger partial charge in [0.1, 0.15) is 0 Å². The van der Waals surface area contributed by atoms with Gasteiger partial charge in [0.25, 0.3) is 5.91 Å². The van der Waals surface area contributed by atoms with Crippen molar-refractivity contribution in [1.82, 2.24) is 24.3 Å². The lowest BCUT2D eigenvalue weighted by molar-refractivity contribution is -0.129. The van der Waals surface area contributed by atoms with E-state index in [0.29, 0.717) is 51.4 Å². The lowest BCUT2D eigenvalue weighted by Crippen LogP contribution is -2.49. The Balaban J connectivity index is 1.28. The van der Waals surface area contributed by atoms with E-state index in [0.717, 1.165) is 30.7 Å². The third-order valence-corrected chi connectivity index (χ3v) is 10.9. The van der Waals surface area contributed by atoms with E-state index in [9.17, 15) is 22.8 Å². The van der Waals surface area contributed by atoms with Crippen LogP contribution in [0.25, 0.3) is 0 Å². The first-order chi connectivity index (χ1) is 20.8. The summed E-state index contributed by atoms with van der Waals surface area (Å²) in [4.78, 5) is 39.6. The van der Waals surface area contributed by atoms with Crippen LogP contribution in [-0.2, 0) is 43.7 Å². The molecule has 3 aliphatic rings. The van der Waals surface area contributed by atoms with E-state index < -0.39 is 21.4 Å². The highest BCUT2D eigenvalue weighted by atomic mass is 32.2. The second kappa shape index (κ2) is 12.6. The van der Waals surface area contributed by atoms with Crippen LogP contribution in [0.4, 0.5) is 0 Å². The Kier molecular flexibility index (Phi) is 9.20. The molecule has 0 atom stereocenters. The van der Waals surface area contributed by atoms with Crippen molar-refractivity contribution < 1.29 is 32.3 Å². The van der Waals surface area contributed by atoms with Gasteiger partial charge in [0.05, 0.1) is 34.0 Å². The number of benzene rings is 1. The molecule has 1 aromatic heterocycles. The van der Waals surface area contributed by atoms with E-state index in [2.05, 4.69) is 5.32 Å². The summed E-state index contributed by atoms with van der Waals surface area (Å²) in [5, 5.41) is 7.97. The van der Waals surface area contributed by atoms with Crippen molar-refractivity contribution in [2.75, 3.05) is 52.5 Å². The molecule has 2 aromatic rings. The van der Waals surface area contributed by atoms with Crippen LogP contribution >= 0.6 is 0 Å². The Morgan fingerprint density at radius 3 is 2.50 bits per heavy atom. The molecule has 3 aliphatic heterocycles. The van der Waals surface area contributed by atoms with Crippen LogP contribution in [0.3, 0.4) is 0 Å². The standard InChI is InChI=1S/C31H43N5O7S/c1-5-25-27-26(18-31(19-32-28(27)38)9-15-42-16-10-31)36(33-25)20-30(3,4)21-43-29(39)23-7-6-8-24(17-23)44(40,41)35-13-11-34(12-14-35)22(2)37/h6-8,17H,5,9-16,18-21H2,1-4H3,(H,32,38). The molecule has 0 radical (unpaired) electrons. The Hall–Kier alpha value is -3.29. The van der Waals surface area contributed by atoms with Crippen molar-refractivity contribution in [1.29, 1.82) is 0 Å². The number of piperazine rings is 1. The van der Waals surface area contributed by atoms with Gasteiger partial charge in [-0.3, -0.25) is 14.3 Å². The van der Waals surface area contributed by atoms with Crippen LogP contribution in [-0.4, -0.2) is 97.7 Å². The van der Waals surface area contributed by atoms with Crippen LogP contribution in [0.5, 0.6) is 0 Å². The molecule has 0 aliphatic carbocycles. The smallest absolute Gasteiger partial charge is 0.338 e. The van der Waals surface area contributed by atoms with Crippen molar-refractivity contribution in [2.24, 2.45) is 10.8 Å². The quantitative estimate of drug-likeness (QED) is 0.439. The minimum atomic E-state index is -3.84. The third kappa shape index (κ3) is 6.69.